The van der Waals surface area contributed by atoms with E-state index in [-0.39, 0.29) is 36.8 Å². The monoisotopic (exact) mass is 341 g/mol. The Morgan fingerprint density at radius 1 is 1.40 bits per heavy atom. The first-order chi connectivity index (χ1) is 8.65. The number of hydrogen-bond donors (Lipinski definition) is 2. The number of halogens is 2. The maximum Gasteiger partial charge on any atom is 0.220 e. The van der Waals surface area contributed by atoms with Crippen molar-refractivity contribution in [3.63, 3.8) is 0 Å². The minimum Gasteiger partial charge on any atom is -0.354 e. The number of rotatable bonds is 8. The molecule has 1 atom stereocenters. The molecule has 0 radical (unpaired) electrons. The van der Waals surface area contributed by atoms with Crippen molar-refractivity contribution < 1.29 is 4.79 Å². The van der Waals surface area contributed by atoms with Gasteiger partial charge < -0.3 is 15.5 Å². The number of thiophene rings is 1. The van der Waals surface area contributed by atoms with Crippen molar-refractivity contribution >= 4 is 42.1 Å². The van der Waals surface area contributed by atoms with Gasteiger partial charge in [-0.25, -0.2) is 0 Å². The van der Waals surface area contributed by atoms with Gasteiger partial charge in [-0.05, 0) is 45.6 Å². The van der Waals surface area contributed by atoms with Crippen LogP contribution in [-0.4, -0.2) is 45.0 Å². The highest BCUT2D eigenvalue weighted by molar-refractivity contribution is 7.10. The van der Waals surface area contributed by atoms with E-state index in [1.165, 1.54) is 4.88 Å². The van der Waals surface area contributed by atoms with Crippen LogP contribution in [0.1, 0.15) is 23.8 Å². The molecule has 0 saturated heterocycles. The van der Waals surface area contributed by atoms with Gasteiger partial charge in [-0.2, -0.15) is 0 Å². The summed E-state index contributed by atoms with van der Waals surface area (Å²) >= 11 is 1.73. The lowest BCUT2D eigenvalue weighted by molar-refractivity contribution is -0.121. The number of carbonyl (C=O) groups excluding carboxylic acids is 1. The van der Waals surface area contributed by atoms with Crippen molar-refractivity contribution in [3.8, 4) is 0 Å². The molecule has 1 amide bonds. The molecule has 20 heavy (non-hydrogen) atoms. The van der Waals surface area contributed by atoms with Gasteiger partial charge in [0.25, 0.3) is 0 Å². The lowest BCUT2D eigenvalue weighted by Crippen LogP contribution is -2.34. The summed E-state index contributed by atoms with van der Waals surface area (Å²) in [5.41, 5.74) is 0. The molecule has 1 rings (SSSR count). The topological polar surface area (TPSA) is 44.4 Å². The van der Waals surface area contributed by atoms with E-state index in [4.69, 9.17) is 0 Å². The molecule has 0 aliphatic rings. The Balaban J connectivity index is 0. The van der Waals surface area contributed by atoms with E-state index in [0.717, 1.165) is 13.0 Å². The third-order valence-corrected chi connectivity index (χ3v) is 3.79. The second-order valence-electron chi connectivity index (χ2n) is 4.51. The molecule has 2 N–H and O–H groups in total. The molecule has 1 aromatic rings. The summed E-state index contributed by atoms with van der Waals surface area (Å²) in [5.74, 6) is 0.133. The molecule has 7 heteroatoms. The van der Waals surface area contributed by atoms with Crippen LogP contribution in [0.4, 0.5) is 0 Å². The first-order valence-electron chi connectivity index (χ1n) is 6.26. The van der Waals surface area contributed by atoms with E-state index in [1.807, 2.05) is 27.2 Å². The van der Waals surface area contributed by atoms with Crippen LogP contribution in [0.25, 0.3) is 0 Å². The molecular weight excluding hydrogens is 317 g/mol. The summed E-state index contributed by atoms with van der Waals surface area (Å²) in [6.45, 7) is 1.56. The van der Waals surface area contributed by atoms with E-state index >= 15 is 0 Å². The molecule has 4 nitrogen and oxygen atoms in total. The number of amides is 1. The molecule has 118 valence electrons. The summed E-state index contributed by atoms with van der Waals surface area (Å²) in [7, 11) is 5.98. The first kappa shape index (κ1) is 22.0. The van der Waals surface area contributed by atoms with E-state index in [0.29, 0.717) is 13.0 Å². The van der Waals surface area contributed by atoms with Gasteiger partial charge in [0.1, 0.15) is 0 Å². The third kappa shape index (κ3) is 8.07. The maximum absolute atomic E-state index is 11.7. The van der Waals surface area contributed by atoms with Crippen LogP contribution in [0, 0.1) is 0 Å². The number of nitrogens with one attached hydrogen (secondary N) is 2. The molecule has 1 aromatic heterocycles. The number of likely N-dealkylation sites (N-methyl/N-ethyl adjacent to an activating group) is 1. The van der Waals surface area contributed by atoms with Gasteiger partial charge in [-0.1, -0.05) is 6.07 Å². The van der Waals surface area contributed by atoms with E-state index in [1.54, 1.807) is 11.3 Å². The summed E-state index contributed by atoms with van der Waals surface area (Å²) < 4.78 is 0. The Morgan fingerprint density at radius 2 is 2.10 bits per heavy atom. The molecule has 0 aromatic carbocycles. The predicted molar refractivity (Wildman–Crippen MR) is 91.4 cm³/mol. The number of nitrogens with zero attached hydrogens (tertiary/aromatic N) is 1. The van der Waals surface area contributed by atoms with Crippen molar-refractivity contribution in [1.82, 2.24) is 15.5 Å². The Morgan fingerprint density at radius 3 is 2.60 bits per heavy atom. The van der Waals surface area contributed by atoms with Crippen molar-refractivity contribution in [2.45, 2.75) is 18.9 Å². The lowest BCUT2D eigenvalue weighted by Gasteiger charge is -2.23. The van der Waals surface area contributed by atoms with Crippen molar-refractivity contribution in [1.29, 1.82) is 0 Å². The molecule has 0 bridgehead atoms. The fourth-order valence-corrected chi connectivity index (χ4v) is 2.67. The summed E-state index contributed by atoms with van der Waals surface area (Å²) in [6.07, 6.45) is 1.47. The molecule has 1 heterocycles. The fraction of sp³-hybridized carbons (Fsp3) is 0.615. The van der Waals surface area contributed by atoms with E-state index in [9.17, 15) is 4.79 Å². The van der Waals surface area contributed by atoms with Gasteiger partial charge in [0.2, 0.25) is 5.91 Å². The minimum atomic E-state index is 0. The Hall–Kier alpha value is -0.330. The molecule has 0 fully saturated rings. The average molecular weight is 342 g/mol. The first-order valence-corrected chi connectivity index (χ1v) is 7.14. The standard InChI is InChI=1S/C13H23N3OS.2ClH/c1-14-8-4-7-13(17)15-10-11(16(2)3)12-6-5-9-18-12;;/h5-6,9,11,14H,4,7-8,10H2,1-3H3,(H,15,17);2*1H. The zero-order valence-electron chi connectivity index (χ0n) is 12.2. The largest absolute Gasteiger partial charge is 0.354 e. The van der Waals surface area contributed by atoms with Crippen molar-refractivity contribution in [2.75, 3.05) is 34.2 Å². The van der Waals surface area contributed by atoms with Crippen LogP contribution < -0.4 is 10.6 Å². The minimum absolute atomic E-state index is 0. The van der Waals surface area contributed by atoms with Gasteiger partial charge in [-0.15, -0.1) is 36.2 Å². The summed E-state index contributed by atoms with van der Waals surface area (Å²) in [4.78, 5) is 15.1. The SMILES string of the molecule is CNCCCC(=O)NCC(c1cccs1)N(C)C.Cl.Cl. The van der Waals surface area contributed by atoms with Crippen LogP contribution >= 0.6 is 36.2 Å². The zero-order valence-corrected chi connectivity index (χ0v) is 14.7. The second kappa shape index (κ2) is 12.4. The van der Waals surface area contributed by atoms with E-state index in [2.05, 4.69) is 27.0 Å². The summed E-state index contributed by atoms with van der Waals surface area (Å²) in [6, 6.07) is 4.42. The van der Waals surface area contributed by atoms with Gasteiger partial charge in [0.15, 0.2) is 0 Å². The van der Waals surface area contributed by atoms with Gasteiger partial charge in [-0.3, -0.25) is 4.79 Å². The zero-order chi connectivity index (χ0) is 13.4. The lowest BCUT2D eigenvalue weighted by atomic mass is 10.2. The fourth-order valence-electron chi connectivity index (χ4n) is 1.74. The van der Waals surface area contributed by atoms with Gasteiger partial charge in [0, 0.05) is 17.8 Å². The van der Waals surface area contributed by atoms with Gasteiger partial charge in [0.05, 0.1) is 6.04 Å². The van der Waals surface area contributed by atoms with Crippen molar-refractivity contribution in [2.24, 2.45) is 0 Å². The normalized spacial score (nSPS) is 11.4. The quantitative estimate of drug-likeness (QED) is 0.713. The van der Waals surface area contributed by atoms with Gasteiger partial charge >= 0.3 is 0 Å². The molecular formula is C13H25Cl2N3OS. The van der Waals surface area contributed by atoms with Crippen molar-refractivity contribution in [3.05, 3.63) is 22.4 Å². The highest BCUT2D eigenvalue weighted by Crippen LogP contribution is 2.22. The number of hydrogen-bond acceptors (Lipinski definition) is 4. The molecule has 0 saturated carbocycles. The third-order valence-electron chi connectivity index (χ3n) is 2.82. The van der Waals surface area contributed by atoms with Crippen LogP contribution in [0.3, 0.4) is 0 Å². The van der Waals surface area contributed by atoms with Crippen LogP contribution in [0.2, 0.25) is 0 Å². The molecule has 0 spiro atoms. The van der Waals surface area contributed by atoms with Crippen LogP contribution in [-0.2, 0) is 4.79 Å². The Bertz CT molecular complexity index is 347. The average Bonchev–Trinajstić information content (AvgIpc) is 2.83. The van der Waals surface area contributed by atoms with Crippen LogP contribution in [0.5, 0.6) is 0 Å². The molecule has 1 unspecified atom stereocenters. The predicted octanol–water partition coefficient (Wildman–Crippen LogP) is 2.31. The Labute approximate surface area is 138 Å². The molecule has 0 aliphatic carbocycles. The number of carbonyl (C=O) groups is 1. The smallest absolute Gasteiger partial charge is 0.220 e. The highest BCUT2D eigenvalue weighted by atomic mass is 35.5. The Kier molecular flexibility index (Phi) is 13.6. The van der Waals surface area contributed by atoms with Crippen LogP contribution in [0.15, 0.2) is 17.5 Å². The highest BCUT2D eigenvalue weighted by Gasteiger charge is 2.15. The molecule has 0 aliphatic heterocycles. The summed E-state index contributed by atoms with van der Waals surface area (Å²) in [5, 5.41) is 8.12. The maximum atomic E-state index is 11.7. The van der Waals surface area contributed by atoms with E-state index < -0.39 is 0 Å². The second-order valence-corrected chi connectivity index (χ2v) is 5.49.